The molecule has 342 valence electrons. The average molecular weight is 827 g/mol. The summed E-state index contributed by atoms with van der Waals surface area (Å²) in [5, 5.41) is 32.6. The zero-order valence-electron chi connectivity index (χ0n) is 39.4. The van der Waals surface area contributed by atoms with E-state index in [0.717, 1.165) is 61.7 Å². The van der Waals surface area contributed by atoms with E-state index >= 15 is 0 Å². The highest BCUT2D eigenvalue weighted by atomic mass is 16.7. The zero-order chi connectivity index (χ0) is 42.4. The summed E-state index contributed by atoms with van der Waals surface area (Å²) in [4.78, 5) is 0. The van der Waals surface area contributed by atoms with Gasteiger partial charge in [-0.25, -0.2) is 0 Å². The molecule has 0 aromatic rings. The molecular weight excluding hydrogens is 733 g/mol. The lowest BCUT2D eigenvalue weighted by molar-refractivity contribution is -0.314. The Morgan fingerprint density at radius 3 is 2.02 bits per heavy atom. The average Bonchev–Trinajstić information content (AvgIpc) is 3.58. The highest BCUT2D eigenvalue weighted by Crippen LogP contribution is 2.67. The third-order valence-corrected chi connectivity index (χ3v) is 17.2. The Bertz CT molecular complexity index is 1260. The first kappa shape index (κ1) is 49.3. The molecule has 59 heavy (non-hydrogen) atoms. The Kier molecular flexibility index (Phi) is 20.3. The SMILES string of the molecule is C/C=C(/CC[C@@H](C)[C@H]1CC[C@H]2[C@@H]3CC=C4C[C@@H](O[C@@H]5O[C@H](COCCCCCCCCCCCCCCCCCC)[C@@H](O)[C@H](O)[C@H]5O)CC[C@]4(C)[C@H]3CC[C@]12C)C(C)C. The van der Waals surface area contributed by atoms with Crippen molar-refractivity contribution >= 4 is 0 Å². The van der Waals surface area contributed by atoms with Gasteiger partial charge in [-0.2, -0.15) is 0 Å². The summed E-state index contributed by atoms with van der Waals surface area (Å²) < 4.78 is 18.6. The van der Waals surface area contributed by atoms with Crippen molar-refractivity contribution in [2.45, 2.75) is 252 Å². The summed E-state index contributed by atoms with van der Waals surface area (Å²) >= 11 is 0. The van der Waals surface area contributed by atoms with Gasteiger partial charge >= 0.3 is 0 Å². The molecule has 6 nitrogen and oxygen atoms in total. The van der Waals surface area contributed by atoms with E-state index in [2.05, 4.69) is 60.6 Å². The molecular formula is C53H94O6. The molecule has 0 spiro atoms. The number of aliphatic hydroxyl groups is 3. The van der Waals surface area contributed by atoms with Crippen molar-refractivity contribution in [3.05, 3.63) is 23.3 Å². The number of unbranched alkanes of at least 4 members (excludes halogenated alkanes) is 15. The summed E-state index contributed by atoms with van der Waals surface area (Å²) in [5.74, 6) is 4.60. The maximum atomic E-state index is 11.0. The molecule has 5 rings (SSSR count). The smallest absolute Gasteiger partial charge is 0.186 e. The molecule has 4 aliphatic carbocycles. The maximum absolute atomic E-state index is 11.0. The first-order chi connectivity index (χ1) is 28.4. The fraction of sp³-hybridized carbons (Fsp3) is 0.925. The summed E-state index contributed by atoms with van der Waals surface area (Å²) in [6.07, 6.45) is 32.9. The van der Waals surface area contributed by atoms with Crippen LogP contribution < -0.4 is 0 Å². The van der Waals surface area contributed by atoms with Crippen LogP contribution in [0.5, 0.6) is 0 Å². The Hall–Kier alpha value is -0.760. The third kappa shape index (κ3) is 12.9. The lowest BCUT2D eigenvalue weighted by atomic mass is 9.47. The molecule has 4 fully saturated rings. The van der Waals surface area contributed by atoms with E-state index in [-0.39, 0.29) is 18.1 Å². The zero-order valence-corrected chi connectivity index (χ0v) is 39.4. The van der Waals surface area contributed by atoms with E-state index in [4.69, 9.17) is 14.2 Å². The van der Waals surface area contributed by atoms with E-state index in [0.29, 0.717) is 17.9 Å². The van der Waals surface area contributed by atoms with Crippen molar-refractivity contribution < 1.29 is 29.5 Å². The molecule has 6 heteroatoms. The van der Waals surface area contributed by atoms with Gasteiger partial charge in [0.2, 0.25) is 0 Å². The lowest BCUT2D eigenvalue weighted by Gasteiger charge is -2.58. The quantitative estimate of drug-likeness (QED) is 0.0595. The number of ether oxygens (including phenoxy) is 3. The van der Waals surface area contributed by atoms with Gasteiger partial charge in [-0.1, -0.05) is 161 Å². The number of fused-ring (bicyclic) bond motifs is 5. The molecule has 0 unspecified atom stereocenters. The van der Waals surface area contributed by atoms with Crippen LogP contribution in [0.15, 0.2) is 23.3 Å². The van der Waals surface area contributed by atoms with Crippen molar-refractivity contribution in [2.24, 2.45) is 46.3 Å². The van der Waals surface area contributed by atoms with Crippen LogP contribution in [0.3, 0.4) is 0 Å². The molecule has 0 amide bonds. The Labute approximate surface area is 363 Å². The topological polar surface area (TPSA) is 88.4 Å². The van der Waals surface area contributed by atoms with Crippen LogP contribution >= 0.6 is 0 Å². The summed E-state index contributed by atoms with van der Waals surface area (Å²) in [6, 6.07) is 0. The fourth-order valence-electron chi connectivity index (χ4n) is 13.4. The highest BCUT2D eigenvalue weighted by Gasteiger charge is 2.59. The predicted molar refractivity (Wildman–Crippen MR) is 244 cm³/mol. The van der Waals surface area contributed by atoms with Crippen LogP contribution in [-0.2, 0) is 14.2 Å². The lowest BCUT2D eigenvalue weighted by Crippen LogP contribution is -2.60. The monoisotopic (exact) mass is 827 g/mol. The first-order valence-corrected chi connectivity index (χ1v) is 25.7. The maximum Gasteiger partial charge on any atom is 0.186 e. The van der Waals surface area contributed by atoms with Gasteiger partial charge in [0.1, 0.15) is 24.4 Å². The number of rotatable bonds is 26. The third-order valence-electron chi connectivity index (χ3n) is 17.2. The van der Waals surface area contributed by atoms with Crippen LogP contribution in [0.1, 0.15) is 215 Å². The number of hydrogen-bond donors (Lipinski definition) is 3. The van der Waals surface area contributed by atoms with Gasteiger partial charge in [0, 0.05) is 6.61 Å². The van der Waals surface area contributed by atoms with Crippen LogP contribution in [0.4, 0.5) is 0 Å². The molecule has 0 bridgehead atoms. The second kappa shape index (κ2) is 24.3. The van der Waals surface area contributed by atoms with Crippen LogP contribution in [0.25, 0.3) is 0 Å². The molecule has 0 aromatic heterocycles. The van der Waals surface area contributed by atoms with Gasteiger partial charge < -0.3 is 29.5 Å². The summed E-state index contributed by atoms with van der Waals surface area (Å²) in [6.45, 7) is 17.8. The minimum Gasteiger partial charge on any atom is -0.387 e. The van der Waals surface area contributed by atoms with Crippen molar-refractivity contribution in [2.75, 3.05) is 13.2 Å². The fourth-order valence-corrected chi connectivity index (χ4v) is 13.4. The molecule has 0 radical (unpaired) electrons. The van der Waals surface area contributed by atoms with Gasteiger partial charge in [0.05, 0.1) is 12.7 Å². The van der Waals surface area contributed by atoms with Gasteiger partial charge in [-0.15, -0.1) is 0 Å². The Morgan fingerprint density at radius 1 is 0.780 bits per heavy atom. The van der Waals surface area contributed by atoms with Gasteiger partial charge in [-0.3, -0.25) is 0 Å². The molecule has 13 atom stereocenters. The normalized spacial score (nSPS) is 36.6. The number of allylic oxidation sites excluding steroid dienone is 3. The van der Waals surface area contributed by atoms with Crippen molar-refractivity contribution in [3.8, 4) is 0 Å². The Morgan fingerprint density at radius 2 is 1.41 bits per heavy atom. The second-order valence-corrected chi connectivity index (χ2v) is 21.4. The first-order valence-electron chi connectivity index (χ1n) is 25.7. The van der Waals surface area contributed by atoms with Gasteiger partial charge in [0.15, 0.2) is 6.29 Å². The van der Waals surface area contributed by atoms with E-state index in [1.807, 2.05) is 0 Å². The van der Waals surface area contributed by atoms with E-state index in [1.54, 1.807) is 11.1 Å². The minimum absolute atomic E-state index is 0.0712. The summed E-state index contributed by atoms with van der Waals surface area (Å²) in [7, 11) is 0. The molecule has 3 N–H and O–H groups in total. The van der Waals surface area contributed by atoms with Crippen LogP contribution in [0, 0.1) is 46.3 Å². The van der Waals surface area contributed by atoms with E-state index < -0.39 is 30.7 Å². The van der Waals surface area contributed by atoms with E-state index in [1.165, 1.54) is 135 Å². The predicted octanol–water partition coefficient (Wildman–Crippen LogP) is 13.1. The van der Waals surface area contributed by atoms with E-state index in [9.17, 15) is 15.3 Å². The van der Waals surface area contributed by atoms with Crippen molar-refractivity contribution in [1.82, 2.24) is 0 Å². The van der Waals surface area contributed by atoms with Crippen molar-refractivity contribution in [3.63, 3.8) is 0 Å². The highest BCUT2D eigenvalue weighted by molar-refractivity contribution is 5.25. The largest absolute Gasteiger partial charge is 0.387 e. The Balaban J connectivity index is 0.996. The van der Waals surface area contributed by atoms with Gasteiger partial charge in [0.25, 0.3) is 0 Å². The number of hydrogen-bond acceptors (Lipinski definition) is 6. The molecule has 3 saturated carbocycles. The van der Waals surface area contributed by atoms with Gasteiger partial charge in [-0.05, 0) is 124 Å². The standard InChI is InChI=1S/C53H94O6/c1-8-10-11-12-13-14-15-16-17-18-19-20-21-22-23-24-35-57-37-47-48(54)49(55)50(56)51(59-47)58-42-31-33-52(6)41(36-42)27-28-43-45-30-29-44(53(45,7)34-32-46(43)52)39(5)25-26-40(9-2)38(3)4/h9,27,38-39,42-51,54-56H,8,10-26,28-37H2,1-7H3/b40-9-/t39-,42+,43+,44-,45+,46+,47-,48-,49+,50-,51-,52+,53-/m1/s1. The van der Waals surface area contributed by atoms with Crippen LogP contribution in [0.2, 0.25) is 0 Å². The molecule has 5 aliphatic rings. The molecule has 1 saturated heterocycles. The molecule has 1 aliphatic heterocycles. The minimum atomic E-state index is -1.32. The molecule has 0 aromatic carbocycles. The number of aliphatic hydroxyl groups excluding tert-OH is 3. The second-order valence-electron chi connectivity index (χ2n) is 21.4. The molecule has 1 heterocycles. The summed E-state index contributed by atoms with van der Waals surface area (Å²) in [5.41, 5.74) is 3.83. The van der Waals surface area contributed by atoms with Crippen LogP contribution in [-0.4, -0.2) is 65.3 Å². The van der Waals surface area contributed by atoms with Crippen molar-refractivity contribution in [1.29, 1.82) is 0 Å².